The lowest BCUT2D eigenvalue weighted by molar-refractivity contribution is -0.368. The minimum atomic E-state index is 0.0757. The monoisotopic (exact) mass is 157 g/mol. The molecule has 3 nitrogen and oxygen atoms in total. The smallest absolute Gasteiger partial charge is 0.0110 e. The van der Waals surface area contributed by atoms with Gasteiger partial charge in [-0.05, 0) is 13.6 Å². The molecule has 0 amide bonds. The second kappa shape index (κ2) is 4.70. The highest BCUT2D eigenvalue weighted by molar-refractivity contribution is 4.68. The lowest BCUT2D eigenvalue weighted by Gasteiger charge is -2.32. The first kappa shape index (κ1) is 8.97. The fraction of sp³-hybridized carbons (Fsp3) is 1.00. The van der Waals surface area contributed by atoms with E-state index in [4.69, 9.17) is 0 Å². The molecule has 0 aromatic rings. The van der Waals surface area contributed by atoms with Crippen molar-refractivity contribution >= 4 is 0 Å². The molecular formula is C8H17N2O-. The van der Waals surface area contributed by atoms with Crippen molar-refractivity contribution in [1.82, 2.24) is 9.80 Å². The zero-order valence-corrected chi connectivity index (χ0v) is 7.25. The first-order chi connectivity index (χ1) is 5.33. The van der Waals surface area contributed by atoms with Crippen molar-refractivity contribution in [3.63, 3.8) is 0 Å². The second-order valence-electron chi connectivity index (χ2n) is 3.20. The van der Waals surface area contributed by atoms with Crippen LogP contribution in [-0.4, -0.2) is 56.2 Å². The normalized spacial score (nSPS) is 22.4. The van der Waals surface area contributed by atoms with Crippen LogP contribution in [0.15, 0.2) is 0 Å². The number of hydrogen-bond acceptors (Lipinski definition) is 3. The predicted octanol–water partition coefficient (Wildman–Crippen LogP) is -1.02. The number of hydrogen-bond donors (Lipinski definition) is 0. The molecule has 0 N–H and O–H groups in total. The van der Waals surface area contributed by atoms with Gasteiger partial charge in [0.1, 0.15) is 0 Å². The fourth-order valence-electron chi connectivity index (χ4n) is 1.36. The van der Waals surface area contributed by atoms with Gasteiger partial charge in [0.15, 0.2) is 0 Å². The number of nitrogens with zero attached hydrogens (tertiary/aromatic N) is 2. The Morgan fingerprint density at radius 2 is 1.82 bits per heavy atom. The standard InChI is InChI=1S/C8H17N2O/c1-9-4-6-10(7-5-9)3-2-8-11/h2-8H2,1H3/q-1. The zero-order chi connectivity index (χ0) is 8.10. The number of piperazine rings is 1. The van der Waals surface area contributed by atoms with Crippen LogP contribution in [0.5, 0.6) is 0 Å². The molecule has 0 saturated carbocycles. The Bertz CT molecular complexity index is 97.5. The summed E-state index contributed by atoms with van der Waals surface area (Å²) in [6.45, 7) is 5.65. The van der Waals surface area contributed by atoms with Crippen LogP contribution in [0, 0.1) is 0 Å². The van der Waals surface area contributed by atoms with Gasteiger partial charge in [-0.1, -0.05) is 6.42 Å². The van der Waals surface area contributed by atoms with Crippen molar-refractivity contribution in [3.8, 4) is 0 Å². The van der Waals surface area contributed by atoms with Gasteiger partial charge < -0.3 is 14.9 Å². The summed E-state index contributed by atoms with van der Waals surface area (Å²) in [7, 11) is 2.14. The van der Waals surface area contributed by atoms with Gasteiger partial charge in [-0.3, -0.25) is 0 Å². The lowest BCUT2D eigenvalue weighted by atomic mass is 10.3. The van der Waals surface area contributed by atoms with Crippen molar-refractivity contribution in [2.75, 3.05) is 46.4 Å². The third-order valence-electron chi connectivity index (χ3n) is 2.21. The minimum absolute atomic E-state index is 0.0757. The average Bonchev–Trinajstić information content (AvgIpc) is 2.04. The highest BCUT2D eigenvalue weighted by atomic mass is 16.3. The van der Waals surface area contributed by atoms with E-state index < -0.39 is 0 Å². The van der Waals surface area contributed by atoms with Gasteiger partial charge in [0.2, 0.25) is 0 Å². The Kier molecular flexibility index (Phi) is 3.83. The molecule has 1 aliphatic heterocycles. The largest absolute Gasteiger partial charge is 0.854 e. The average molecular weight is 157 g/mol. The molecule has 0 aliphatic carbocycles. The fourth-order valence-corrected chi connectivity index (χ4v) is 1.36. The van der Waals surface area contributed by atoms with E-state index in [1.54, 1.807) is 0 Å². The molecule has 1 aliphatic rings. The van der Waals surface area contributed by atoms with Crippen LogP contribution in [0.3, 0.4) is 0 Å². The summed E-state index contributed by atoms with van der Waals surface area (Å²) in [5.41, 5.74) is 0. The van der Waals surface area contributed by atoms with Crippen LogP contribution < -0.4 is 5.11 Å². The molecule has 0 radical (unpaired) electrons. The van der Waals surface area contributed by atoms with Crippen molar-refractivity contribution in [2.24, 2.45) is 0 Å². The van der Waals surface area contributed by atoms with Crippen LogP contribution in [-0.2, 0) is 0 Å². The predicted molar refractivity (Wildman–Crippen MR) is 43.4 cm³/mol. The van der Waals surface area contributed by atoms with E-state index in [-0.39, 0.29) is 6.61 Å². The summed E-state index contributed by atoms with van der Waals surface area (Å²) in [6.07, 6.45) is 0.809. The molecule has 1 heterocycles. The van der Waals surface area contributed by atoms with Gasteiger partial charge in [-0.15, -0.1) is 6.61 Å². The topological polar surface area (TPSA) is 29.5 Å². The third-order valence-corrected chi connectivity index (χ3v) is 2.21. The lowest BCUT2D eigenvalue weighted by Crippen LogP contribution is -2.45. The maximum atomic E-state index is 10.2. The Balaban J connectivity index is 2.07. The second-order valence-corrected chi connectivity index (χ2v) is 3.20. The van der Waals surface area contributed by atoms with E-state index in [0.717, 1.165) is 39.1 Å². The summed E-state index contributed by atoms with van der Waals surface area (Å²) < 4.78 is 0. The molecule has 11 heavy (non-hydrogen) atoms. The third kappa shape index (κ3) is 3.18. The zero-order valence-electron chi connectivity index (χ0n) is 7.25. The maximum absolute atomic E-state index is 10.2. The summed E-state index contributed by atoms with van der Waals surface area (Å²) >= 11 is 0. The van der Waals surface area contributed by atoms with Crippen LogP contribution in [0.1, 0.15) is 6.42 Å². The van der Waals surface area contributed by atoms with Crippen molar-refractivity contribution in [3.05, 3.63) is 0 Å². The number of likely N-dealkylation sites (N-methyl/N-ethyl adjacent to an activating group) is 1. The molecule has 0 atom stereocenters. The van der Waals surface area contributed by atoms with Gasteiger partial charge in [0.25, 0.3) is 0 Å². The Morgan fingerprint density at radius 3 is 2.36 bits per heavy atom. The molecule has 0 aromatic heterocycles. The van der Waals surface area contributed by atoms with Gasteiger partial charge in [0, 0.05) is 26.2 Å². The van der Waals surface area contributed by atoms with Crippen LogP contribution >= 0.6 is 0 Å². The quantitative estimate of drug-likeness (QED) is 0.525. The van der Waals surface area contributed by atoms with E-state index in [2.05, 4.69) is 16.8 Å². The number of rotatable bonds is 3. The first-order valence-electron chi connectivity index (χ1n) is 4.32. The SMILES string of the molecule is CN1CCN(CCC[O-])CC1. The van der Waals surface area contributed by atoms with E-state index in [1.165, 1.54) is 0 Å². The molecule has 3 heteroatoms. The van der Waals surface area contributed by atoms with Crippen molar-refractivity contribution < 1.29 is 5.11 Å². The van der Waals surface area contributed by atoms with Gasteiger partial charge in [0.05, 0.1) is 0 Å². The van der Waals surface area contributed by atoms with E-state index in [0.29, 0.717) is 0 Å². The Morgan fingerprint density at radius 1 is 1.18 bits per heavy atom. The first-order valence-corrected chi connectivity index (χ1v) is 4.32. The van der Waals surface area contributed by atoms with Crippen molar-refractivity contribution in [1.29, 1.82) is 0 Å². The summed E-state index contributed by atoms with van der Waals surface area (Å²) in [5, 5.41) is 10.2. The van der Waals surface area contributed by atoms with Crippen LogP contribution in [0.2, 0.25) is 0 Å². The highest BCUT2D eigenvalue weighted by Gasteiger charge is 2.11. The molecular weight excluding hydrogens is 140 g/mol. The molecule has 1 rings (SSSR count). The highest BCUT2D eigenvalue weighted by Crippen LogP contribution is 1.98. The van der Waals surface area contributed by atoms with Gasteiger partial charge in [-0.2, -0.15) is 0 Å². The molecule has 1 saturated heterocycles. The Hall–Kier alpha value is -0.120. The van der Waals surface area contributed by atoms with E-state index in [9.17, 15) is 5.11 Å². The Labute approximate surface area is 68.6 Å². The minimum Gasteiger partial charge on any atom is -0.854 e. The van der Waals surface area contributed by atoms with Crippen molar-refractivity contribution in [2.45, 2.75) is 6.42 Å². The summed E-state index contributed by atoms with van der Waals surface area (Å²) in [4.78, 5) is 4.70. The molecule has 0 bridgehead atoms. The summed E-state index contributed by atoms with van der Waals surface area (Å²) in [6, 6.07) is 0. The van der Waals surface area contributed by atoms with Gasteiger partial charge >= 0.3 is 0 Å². The molecule has 0 unspecified atom stereocenters. The molecule has 0 spiro atoms. The van der Waals surface area contributed by atoms with Crippen LogP contribution in [0.4, 0.5) is 0 Å². The van der Waals surface area contributed by atoms with E-state index in [1.807, 2.05) is 0 Å². The van der Waals surface area contributed by atoms with Gasteiger partial charge in [-0.25, -0.2) is 0 Å². The maximum Gasteiger partial charge on any atom is 0.0110 e. The van der Waals surface area contributed by atoms with Crippen LogP contribution in [0.25, 0.3) is 0 Å². The molecule has 1 fully saturated rings. The molecule has 0 aromatic carbocycles. The summed E-state index contributed by atoms with van der Waals surface area (Å²) in [5.74, 6) is 0. The molecule has 66 valence electrons. The van der Waals surface area contributed by atoms with E-state index >= 15 is 0 Å².